The molecule has 0 aliphatic heterocycles. The van der Waals surface area contributed by atoms with Crippen LogP contribution in [0, 0.1) is 11.6 Å². The van der Waals surface area contributed by atoms with Gasteiger partial charge in [0.2, 0.25) is 21.8 Å². The lowest BCUT2D eigenvalue weighted by Gasteiger charge is -2.32. The standard InChI is InChI=1S/C24H27Cl2F2N3O4S/c1-15(24(33)29-16-6-3-4-7-16)30(13-18-19(25)8-5-9-20(18)26)23(32)14-31(36(2,34)35)17-10-11-21(27)22(28)12-17/h5,8-12,15-16H,3-4,6-7,13-14H2,1-2H3,(H,29,33). The van der Waals surface area contributed by atoms with Crippen molar-refractivity contribution in [1.82, 2.24) is 10.2 Å². The molecule has 196 valence electrons. The normalized spacial score (nSPS) is 14.9. The van der Waals surface area contributed by atoms with Gasteiger partial charge in [0.25, 0.3) is 0 Å². The quantitative estimate of drug-likeness (QED) is 0.487. The summed E-state index contributed by atoms with van der Waals surface area (Å²) < 4.78 is 53.0. The number of benzene rings is 2. The second kappa shape index (κ2) is 11.7. The second-order valence-electron chi connectivity index (χ2n) is 8.76. The molecule has 0 heterocycles. The summed E-state index contributed by atoms with van der Waals surface area (Å²) >= 11 is 12.6. The van der Waals surface area contributed by atoms with Gasteiger partial charge in [-0.15, -0.1) is 0 Å². The highest BCUT2D eigenvalue weighted by atomic mass is 35.5. The molecule has 12 heteroatoms. The van der Waals surface area contributed by atoms with Crippen molar-refractivity contribution in [3.05, 3.63) is 63.6 Å². The predicted molar refractivity (Wildman–Crippen MR) is 135 cm³/mol. The molecular weight excluding hydrogens is 535 g/mol. The van der Waals surface area contributed by atoms with Crippen LogP contribution in [0.15, 0.2) is 36.4 Å². The SMILES string of the molecule is CC(C(=O)NC1CCCC1)N(Cc1c(Cl)cccc1Cl)C(=O)CN(c1ccc(F)c(F)c1)S(C)(=O)=O. The Labute approximate surface area is 219 Å². The highest BCUT2D eigenvalue weighted by Crippen LogP contribution is 2.28. The Kier molecular flexibility index (Phi) is 9.18. The van der Waals surface area contributed by atoms with E-state index in [1.54, 1.807) is 18.2 Å². The van der Waals surface area contributed by atoms with Gasteiger partial charge >= 0.3 is 0 Å². The number of carbonyl (C=O) groups is 2. The minimum absolute atomic E-state index is 0.00416. The lowest BCUT2D eigenvalue weighted by molar-refractivity contribution is -0.139. The second-order valence-corrected chi connectivity index (χ2v) is 11.5. The van der Waals surface area contributed by atoms with Gasteiger partial charge in [0, 0.05) is 34.3 Å². The summed E-state index contributed by atoms with van der Waals surface area (Å²) in [5.41, 5.74) is 0.150. The van der Waals surface area contributed by atoms with E-state index in [1.165, 1.54) is 11.8 Å². The summed E-state index contributed by atoms with van der Waals surface area (Å²) in [6.07, 6.45) is 4.50. The number of hydrogen-bond acceptors (Lipinski definition) is 4. The van der Waals surface area contributed by atoms with E-state index in [0.717, 1.165) is 44.1 Å². The van der Waals surface area contributed by atoms with Crippen molar-refractivity contribution in [2.24, 2.45) is 0 Å². The Morgan fingerprint density at radius 1 is 1.08 bits per heavy atom. The molecule has 1 unspecified atom stereocenters. The van der Waals surface area contributed by atoms with E-state index in [0.29, 0.717) is 15.9 Å². The van der Waals surface area contributed by atoms with Crippen LogP contribution < -0.4 is 9.62 Å². The third kappa shape index (κ3) is 6.86. The van der Waals surface area contributed by atoms with Gasteiger partial charge in [0.05, 0.1) is 11.9 Å². The Morgan fingerprint density at radius 3 is 2.25 bits per heavy atom. The Morgan fingerprint density at radius 2 is 1.69 bits per heavy atom. The average molecular weight is 562 g/mol. The number of carbonyl (C=O) groups excluding carboxylic acids is 2. The number of nitrogens with zero attached hydrogens (tertiary/aromatic N) is 2. The van der Waals surface area contributed by atoms with Crippen molar-refractivity contribution in [3.63, 3.8) is 0 Å². The van der Waals surface area contributed by atoms with Gasteiger partial charge in [-0.05, 0) is 44.0 Å². The van der Waals surface area contributed by atoms with Gasteiger partial charge in [-0.1, -0.05) is 42.1 Å². The number of nitrogens with one attached hydrogen (secondary N) is 1. The van der Waals surface area contributed by atoms with Gasteiger partial charge in [-0.3, -0.25) is 13.9 Å². The van der Waals surface area contributed by atoms with Gasteiger partial charge in [-0.25, -0.2) is 17.2 Å². The largest absolute Gasteiger partial charge is 0.352 e. The minimum Gasteiger partial charge on any atom is -0.352 e. The van der Waals surface area contributed by atoms with Crippen molar-refractivity contribution < 1.29 is 26.8 Å². The van der Waals surface area contributed by atoms with E-state index >= 15 is 0 Å². The molecule has 1 saturated carbocycles. The summed E-state index contributed by atoms with van der Waals surface area (Å²) in [6.45, 7) is 0.592. The zero-order chi connectivity index (χ0) is 26.6. The molecule has 3 rings (SSSR count). The van der Waals surface area contributed by atoms with Gasteiger partial charge in [0.1, 0.15) is 12.6 Å². The summed E-state index contributed by atoms with van der Waals surface area (Å²) in [4.78, 5) is 27.7. The molecule has 1 N–H and O–H groups in total. The maximum atomic E-state index is 13.9. The summed E-state index contributed by atoms with van der Waals surface area (Å²) in [6, 6.07) is 6.30. The monoisotopic (exact) mass is 561 g/mol. The van der Waals surface area contributed by atoms with Crippen molar-refractivity contribution in [3.8, 4) is 0 Å². The van der Waals surface area contributed by atoms with Crippen LogP contribution in [0.25, 0.3) is 0 Å². The van der Waals surface area contributed by atoms with Crippen LogP contribution in [0.5, 0.6) is 0 Å². The fourth-order valence-corrected chi connectivity index (χ4v) is 5.44. The van der Waals surface area contributed by atoms with Crippen LogP contribution >= 0.6 is 23.2 Å². The molecule has 1 fully saturated rings. The molecule has 0 radical (unpaired) electrons. The van der Waals surface area contributed by atoms with E-state index in [4.69, 9.17) is 23.2 Å². The Bertz CT molecular complexity index is 1220. The van der Waals surface area contributed by atoms with Crippen LogP contribution in [0.1, 0.15) is 38.2 Å². The van der Waals surface area contributed by atoms with E-state index in [9.17, 15) is 26.8 Å². The Balaban J connectivity index is 1.94. The van der Waals surface area contributed by atoms with Crippen molar-refractivity contribution in [2.75, 3.05) is 17.1 Å². The van der Waals surface area contributed by atoms with Crippen LogP contribution in [-0.2, 0) is 26.2 Å². The first-order valence-electron chi connectivity index (χ1n) is 11.3. The lowest BCUT2D eigenvalue weighted by atomic mass is 10.1. The predicted octanol–water partition coefficient (Wildman–Crippen LogP) is 4.51. The van der Waals surface area contributed by atoms with Crippen molar-refractivity contribution >= 4 is 50.7 Å². The Hall–Kier alpha value is -2.43. The zero-order valence-corrected chi connectivity index (χ0v) is 22.1. The summed E-state index contributed by atoms with van der Waals surface area (Å²) in [7, 11) is -4.09. The molecule has 2 amide bonds. The molecule has 2 aromatic carbocycles. The van der Waals surface area contributed by atoms with Gasteiger partial charge < -0.3 is 10.2 Å². The first-order chi connectivity index (χ1) is 16.9. The zero-order valence-electron chi connectivity index (χ0n) is 19.8. The molecule has 2 aromatic rings. The van der Waals surface area contributed by atoms with E-state index in [1.807, 2.05) is 0 Å². The molecule has 7 nitrogen and oxygen atoms in total. The third-order valence-electron chi connectivity index (χ3n) is 6.13. The number of halogens is 4. The summed E-state index contributed by atoms with van der Waals surface area (Å²) in [5, 5.41) is 3.47. The molecule has 1 aliphatic carbocycles. The molecular formula is C24H27Cl2F2N3O4S. The number of anilines is 1. The van der Waals surface area contributed by atoms with E-state index in [-0.39, 0.29) is 28.3 Å². The van der Waals surface area contributed by atoms with Crippen LogP contribution in [0.4, 0.5) is 14.5 Å². The van der Waals surface area contributed by atoms with Crippen LogP contribution in [0.2, 0.25) is 10.0 Å². The van der Waals surface area contributed by atoms with Crippen molar-refractivity contribution in [1.29, 1.82) is 0 Å². The molecule has 0 aromatic heterocycles. The maximum Gasteiger partial charge on any atom is 0.244 e. The number of rotatable bonds is 9. The first-order valence-corrected chi connectivity index (χ1v) is 13.9. The van der Waals surface area contributed by atoms with Gasteiger partial charge in [0.15, 0.2) is 11.6 Å². The van der Waals surface area contributed by atoms with Crippen molar-refractivity contribution in [2.45, 2.75) is 51.2 Å². The first kappa shape index (κ1) is 28.1. The topological polar surface area (TPSA) is 86.8 Å². The molecule has 1 atom stereocenters. The number of hydrogen-bond donors (Lipinski definition) is 1. The minimum atomic E-state index is -4.09. The maximum absolute atomic E-state index is 13.9. The highest BCUT2D eigenvalue weighted by Gasteiger charge is 2.32. The number of amides is 2. The van der Waals surface area contributed by atoms with Crippen LogP contribution in [0.3, 0.4) is 0 Å². The van der Waals surface area contributed by atoms with Crippen LogP contribution in [-0.4, -0.2) is 50.0 Å². The third-order valence-corrected chi connectivity index (χ3v) is 7.98. The van der Waals surface area contributed by atoms with E-state index < -0.39 is 46.1 Å². The lowest BCUT2D eigenvalue weighted by Crippen LogP contribution is -2.52. The summed E-state index contributed by atoms with van der Waals surface area (Å²) in [5.74, 6) is -3.59. The molecule has 0 spiro atoms. The molecule has 0 saturated heterocycles. The molecule has 36 heavy (non-hydrogen) atoms. The number of sulfonamides is 1. The average Bonchev–Trinajstić information content (AvgIpc) is 3.31. The fraction of sp³-hybridized carbons (Fsp3) is 0.417. The van der Waals surface area contributed by atoms with E-state index in [2.05, 4.69) is 5.32 Å². The smallest absolute Gasteiger partial charge is 0.244 e. The van der Waals surface area contributed by atoms with Gasteiger partial charge in [-0.2, -0.15) is 0 Å². The molecule has 1 aliphatic rings. The fourth-order valence-electron chi connectivity index (χ4n) is 4.08. The molecule has 0 bridgehead atoms. The highest BCUT2D eigenvalue weighted by molar-refractivity contribution is 7.92.